The van der Waals surface area contributed by atoms with E-state index in [1.54, 1.807) is 7.11 Å². The third-order valence-corrected chi connectivity index (χ3v) is 3.63. The molecule has 0 aliphatic heterocycles. The topological polar surface area (TPSA) is 27.7 Å². The van der Waals surface area contributed by atoms with Gasteiger partial charge in [-0.1, -0.05) is 33.6 Å². The maximum atomic E-state index is 5.77. The zero-order valence-electron chi connectivity index (χ0n) is 12.3. The highest BCUT2D eigenvalue weighted by molar-refractivity contribution is 9.08. The lowest BCUT2D eigenvalue weighted by atomic mass is 10.1. The molecule has 2 aromatic rings. The molecule has 0 aliphatic rings. The zero-order valence-corrected chi connectivity index (χ0v) is 13.9. The third kappa shape index (κ3) is 4.67. The quantitative estimate of drug-likeness (QED) is 0.548. The molecule has 0 unspecified atom stereocenters. The maximum absolute atomic E-state index is 5.77. The molecule has 21 heavy (non-hydrogen) atoms. The van der Waals surface area contributed by atoms with Gasteiger partial charge in [0.2, 0.25) is 0 Å². The van der Waals surface area contributed by atoms with Gasteiger partial charge in [0, 0.05) is 10.9 Å². The van der Waals surface area contributed by atoms with Gasteiger partial charge in [-0.25, -0.2) is 0 Å². The summed E-state index contributed by atoms with van der Waals surface area (Å²) in [6.07, 6.45) is 0. The average molecular weight is 351 g/mol. The van der Waals surface area contributed by atoms with E-state index in [0.29, 0.717) is 13.2 Å². The number of rotatable bonds is 7. The highest BCUT2D eigenvalue weighted by atomic mass is 79.9. The second-order valence-electron chi connectivity index (χ2n) is 4.62. The molecule has 0 aliphatic carbocycles. The van der Waals surface area contributed by atoms with Crippen LogP contribution in [-0.2, 0) is 5.33 Å². The SMILES string of the molecule is COc1ccc(OCCOc2ccc(C)cc2CBr)cc1. The molecule has 0 heterocycles. The normalized spacial score (nSPS) is 10.2. The molecule has 0 N–H and O–H groups in total. The second kappa shape index (κ2) is 7.93. The lowest BCUT2D eigenvalue weighted by Gasteiger charge is -2.12. The van der Waals surface area contributed by atoms with E-state index in [1.807, 2.05) is 36.4 Å². The number of aryl methyl sites for hydroxylation is 1. The van der Waals surface area contributed by atoms with Gasteiger partial charge in [-0.2, -0.15) is 0 Å². The van der Waals surface area contributed by atoms with Crippen LogP contribution in [0.4, 0.5) is 0 Å². The molecular weight excluding hydrogens is 332 g/mol. The standard InChI is InChI=1S/C17H19BrO3/c1-13-3-8-17(14(11-13)12-18)21-10-9-20-16-6-4-15(19-2)5-7-16/h3-8,11H,9-10,12H2,1-2H3. The summed E-state index contributed by atoms with van der Waals surface area (Å²) in [7, 11) is 1.65. The summed E-state index contributed by atoms with van der Waals surface area (Å²) in [6, 6.07) is 13.7. The van der Waals surface area contributed by atoms with Crippen LogP contribution in [0.3, 0.4) is 0 Å². The maximum Gasteiger partial charge on any atom is 0.123 e. The Kier molecular flexibility index (Phi) is 5.93. The molecular formula is C17H19BrO3. The monoisotopic (exact) mass is 350 g/mol. The van der Waals surface area contributed by atoms with Crippen LogP contribution in [0.2, 0.25) is 0 Å². The first-order valence-electron chi connectivity index (χ1n) is 6.78. The van der Waals surface area contributed by atoms with Gasteiger partial charge in [0.1, 0.15) is 30.5 Å². The number of halogens is 1. The lowest BCUT2D eigenvalue weighted by molar-refractivity contribution is 0.216. The van der Waals surface area contributed by atoms with E-state index in [1.165, 1.54) is 5.56 Å². The minimum Gasteiger partial charge on any atom is -0.497 e. The molecule has 0 bridgehead atoms. The Morgan fingerprint density at radius 3 is 2.24 bits per heavy atom. The fourth-order valence-electron chi connectivity index (χ4n) is 1.94. The van der Waals surface area contributed by atoms with Gasteiger partial charge in [-0.05, 0) is 37.3 Å². The van der Waals surface area contributed by atoms with Crippen LogP contribution in [0.15, 0.2) is 42.5 Å². The van der Waals surface area contributed by atoms with Crippen molar-refractivity contribution < 1.29 is 14.2 Å². The predicted octanol–water partition coefficient (Wildman–Crippen LogP) is 4.36. The van der Waals surface area contributed by atoms with Gasteiger partial charge in [0.15, 0.2) is 0 Å². The minimum atomic E-state index is 0.502. The number of ether oxygens (including phenoxy) is 3. The number of alkyl halides is 1. The van der Waals surface area contributed by atoms with Crippen LogP contribution >= 0.6 is 15.9 Å². The second-order valence-corrected chi connectivity index (χ2v) is 5.18. The van der Waals surface area contributed by atoms with Crippen molar-refractivity contribution in [2.75, 3.05) is 20.3 Å². The van der Waals surface area contributed by atoms with Crippen molar-refractivity contribution in [2.24, 2.45) is 0 Å². The molecule has 0 saturated carbocycles. The van der Waals surface area contributed by atoms with Gasteiger partial charge in [0.25, 0.3) is 0 Å². The van der Waals surface area contributed by atoms with Crippen molar-refractivity contribution in [1.29, 1.82) is 0 Å². The first kappa shape index (κ1) is 15.7. The van der Waals surface area contributed by atoms with E-state index in [-0.39, 0.29) is 0 Å². The van der Waals surface area contributed by atoms with Crippen LogP contribution in [0.25, 0.3) is 0 Å². The summed E-state index contributed by atoms with van der Waals surface area (Å²) >= 11 is 3.48. The van der Waals surface area contributed by atoms with E-state index in [0.717, 1.165) is 28.1 Å². The molecule has 3 nitrogen and oxygen atoms in total. The Morgan fingerprint density at radius 2 is 1.57 bits per heavy atom. The van der Waals surface area contributed by atoms with Crippen molar-refractivity contribution >= 4 is 15.9 Å². The number of methoxy groups -OCH3 is 1. The molecule has 0 atom stereocenters. The Hall–Kier alpha value is -1.68. The zero-order chi connectivity index (χ0) is 15.1. The van der Waals surface area contributed by atoms with Crippen molar-refractivity contribution in [3.05, 3.63) is 53.6 Å². The summed E-state index contributed by atoms with van der Waals surface area (Å²) in [5, 5.41) is 0.781. The lowest BCUT2D eigenvalue weighted by Crippen LogP contribution is -2.09. The summed E-state index contributed by atoms with van der Waals surface area (Å²) in [4.78, 5) is 0. The van der Waals surface area contributed by atoms with Crippen LogP contribution in [0, 0.1) is 6.92 Å². The smallest absolute Gasteiger partial charge is 0.123 e. The molecule has 2 aromatic carbocycles. The third-order valence-electron chi connectivity index (χ3n) is 3.03. The Bertz CT molecular complexity index is 567. The van der Waals surface area contributed by atoms with Gasteiger partial charge < -0.3 is 14.2 Å². The molecule has 0 aromatic heterocycles. The minimum absolute atomic E-state index is 0.502. The molecule has 4 heteroatoms. The van der Waals surface area contributed by atoms with E-state index < -0.39 is 0 Å². The number of hydrogen-bond acceptors (Lipinski definition) is 3. The molecule has 2 rings (SSSR count). The van der Waals surface area contributed by atoms with Crippen molar-refractivity contribution in [1.82, 2.24) is 0 Å². The van der Waals surface area contributed by atoms with Crippen molar-refractivity contribution in [3.63, 3.8) is 0 Å². The Balaban J connectivity index is 1.81. The van der Waals surface area contributed by atoms with Crippen LogP contribution in [0.5, 0.6) is 17.2 Å². The van der Waals surface area contributed by atoms with E-state index >= 15 is 0 Å². The molecule has 112 valence electrons. The van der Waals surface area contributed by atoms with Crippen LogP contribution < -0.4 is 14.2 Å². The summed E-state index contributed by atoms with van der Waals surface area (Å²) in [5.74, 6) is 2.53. The fraction of sp³-hybridized carbons (Fsp3) is 0.294. The molecule has 0 fully saturated rings. The highest BCUT2D eigenvalue weighted by Gasteiger charge is 2.03. The number of benzene rings is 2. The average Bonchev–Trinajstić information content (AvgIpc) is 2.53. The fourth-order valence-corrected chi connectivity index (χ4v) is 2.37. The molecule has 0 amide bonds. The van der Waals surface area contributed by atoms with Crippen molar-refractivity contribution in [2.45, 2.75) is 12.3 Å². The van der Waals surface area contributed by atoms with E-state index in [9.17, 15) is 0 Å². The largest absolute Gasteiger partial charge is 0.497 e. The molecule has 0 spiro atoms. The Morgan fingerprint density at radius 1 is 0.905 bits per heavy atom. The first-order valence-corrected chi connectivity index (χ1v) is 7.90. The molecule has 0 radical (unpaired) electrons. The summed E-state index contributed by atoms with van der Waals surface area (Å²) in [5.41, 5.74) is 2.38. The van der Waals surface area contributed by atoms with Gasteiger partial charge in [-0.15, -0.1) is 0 Å². The van der Waals surface area contributed by atoms with Crippen LogP contribution in [-0.4, -0.2) is 20.3 Å². The van der Waals surface area contributed by atoms with Crippen molar-refractivity contribution in [3.8, 4) is 17.2 Å². The van der Waals surface area contributed by atoms with E-state index in [2.05, 4.69) is 28.9 Å². The Labute approximate surface area is 134 Å². The van der Waals surface area contributed by atoms with Crippen LogP contribution in [0.1, 0.15) is 11.1 Å². The van der Waals surface area contributed by atoms with E-state index in [4.69, 9.17) is 14.2 Å². The summed E-state index contributed by atoms with van der Waals surface area (Å²) < 4.78 is 16.5. The predicted molar refractivity (Wildman–Crippen MR) is 87.8 cm³/mol. The van der Waals surface area contributed by atoms with Gasteiger partial charge in [0.05, 0.1) is 7.11 Å². The summed E-state index contributed by atoms with van der Waals surface area (Å²) in [6.45, 7) is 3.08. The highest BCUT2D eigenvalue weighted by Crippen LogP contribution is 2.22. The number of hydrogen-bond donors (Lipinski definition) is 0. The first-order chi connectivity index (χ1) is 10.2. The van der Waals surface area contributed by atoms with Gasteiger partial charge in [-0.3, -0.25) is 0 Å². The van der Waals surface area contributed by atoms with Gasteiger partial charge >= 0.3 is 0 Å². The molecule has 0 saturated heterocycles.